The Hall–Kier alpha value is -1.23. The average Bonchev–Trinajstić information content (AvgIpc) is 2.14. The summed E-state index contributed by atoms with van der Waals surface area (Å²) in [5.41, 5.74) is -0.212. The second-order valence-corrected chi connectivity index (χ2v) is 3.29. The zero-order valence-corrected chi connectivity index (χ0v) is 8.57. The molecule has 0 aliphatic rings. The summed E-state index contributed by atoms with van der Waals surface area (Å²) in [6.45, 7) is 3.19. The summed E-state index contributed by atoms with van der Waals surface area (Å²) in [6, 6.07) is 1.83. The van der Waals surface area contributed by atoms with Gasteiger partial charge in [0, 0.05) is 6.07 Å². The van der Waals surface area contributed by atoms with Gasteiger partial charge in [-0.05, 0) is 28.1 Å². The van der Waals surface area contributed by atoms with E-state index in [9.17, 15) is 13.6 Å². The van der Waals surface area contributed by atoms with E-state index in [-0.39, 0.29) is 10.2 Å². The van der Waals surface area contributed by atoms with Crippen LogP contribution in [0.3, 0.4) is 0 Å². The molecule has 0 aliphatic carbocycles. The average molecular weight is 262 g/mol. The maximum atomic E-state index is 13.1. The van der Waals surface area contributed by atoms with Gasteiger partial charge in [-0.15, -0.1) is 0 Å². The number of carbonyl (C=O) groups is 1. The fourth-order valence-electron chi connectivity index (χ4n) is 0.802. The number of benzene rings is 1. The van der Waals surface area contributed by atoms with E-state index in [0.717, 1.165) is 18.2 Å². The van der Waals surface area contributed by atoms with Gasteiger partial charge in [-0.25, -0.2) is 8.78 Å². The first-order chi connectivity index (χ1) is 6.54. The Morgan fingerprint density at radius 2 is 2.07 bits per heavy atom. The number of rotatable bonds is 2. The molecule has 1 rings (SSSR count). The topological polar surface area (TPSA) is 29.1 Å². The monoisotopic (exact) mass is 261 g/mol. The fourth-order valence-corrected chi connectivity index (χ4v) is 1.12. The Labute approximate surface area is 87.7 Å². The predicted molar refractivity (Wildman–Crippen MR) is 52.9 cm³/mol. The molecule has 0 unspecified atom stereocenters. The van der Waals surface area contributed by atoms with Gasteiger partial charge in [-0.3, -0.25) is 4.79 Å². The van der Waals surface area contributed by atoms with E-state index in [2.05, 4.69) is 27.8 Å². The summed E-state index contributed by atoms with van der Waals surface area (Å²) in [5, 5.41) is 2.14. The largest absolute Gasteiger partial charge is 0.320 e. The van der Waals surface area contributed by atoms with Crippen molar-refractivity contribution in [2.45, 2.75) is 0 Å². The van der Waals surface area contributed by atoms with Crippen molar-refractivity contribution in [1.82, 2.24) is 0 Å². The molecule has 5 heteroatoms. The number of hydrogen-bond acceptors (Lipinski definition) is 1. The van der Waals surface area contributed by atoms with Crippen LogP contribution in [0.25, 0.3) is 0 Å². The molecule has 0 radical (unpaired) electrons. The number of nitrogens with one attached hydrogen (secondary N) is 1. The maximum absolute atomic E-state index is 13.1. The lowest BCUT2D eigenvalue weighted by atomic mass is 10.3. The number of amides is 1. The van der Waals surface area contributed by atoms with Crippen molar-refractivity contribution in [2.75, 3.05) is 5.32 Å². The van der Waals surface area contributed by atoms with E-state index in [1.165, 1.54) is 0 Å². The predicted octanol–water partition coefficient (Wildman–Crippen LogP) is 2.85. The number of hydrogen-bond donors (Lipinski definition) is 1. The summed E-state index contributed by atoms with van der Waals surface area (Å²) in [5.74, 6) is -1.95. The van der Waals surface area contributed by atoms with E-state index in [1.807, 2.05) is 0 Å². The molecule has 74 valence electrons. The SMILES string of the molecule is C=CC(=O)Nc1cc(F)c(Br)cc1F. The molecule has 0 saturated carbocycles. The zero-order valence-electron chi connectivity index (χ0n) is 6.98. The molecular formula is C9H6BrF2NO. The minimum Gasteiger partial charge on any atom is -0.320 e. The van der Waals surface area contributed by atoms with E-state index < -0.39 is 17.5 Å². The fraction of sp³-hybridized carbons (Fsp3) is 0. The third kappa shape index (κ3) is 2.38. The van der Waals surface area contributed by atoms with Crippen LogP contribution in [0.5, 0.6) is 0 Å². The van der Waals surface area contributed by atoms with Crippen molar-refractivity contribution in [3.05, 3.63) is 40.9 Å². The van der Waals surface area contributed by atoms with E-state index in [4.69, 9.17) is 0 Å². The molecule has 0 heterocycles. The van der Waals surface area contributed by atoms with Crippen molar-refractivity contribution >= 4 is 27.5 Å². The van der Waals surface area contributed by atoms with Gasteiger partial charge in [0.05, 0.1) is 10.2 Å². The first-order valence-electron chi connectivity index (χ1n) is 3.62. The minimum absolute atomic E-state index is 0.00611. The standard InChI is InChI=1S/C9H6BrF2NO/c1-2-9(14)13-8-4-6(11)5(10)3-7(8)12/h2-4H,1H2,(H,13,14). The second kappa shape index (κ2) is 4.32. The van der Waals surface area contributed by atoms with Crippen molar-refractivity contribution in [3.8, 4) is 0 Å². The number of carbonyl (C=O) groups excluding carboxylic acids is 1. The van der Waals surface area contributed by atoms with Gasteiger partial charge in [0.15, 0.2) is 0 Å². The summed E-state index contributed by atoms with van der Waals surface area (Å²) in [6.07, 6.45) is 0.972. The van der Waals surface area contributed by atoms with Crippen LogP contribution in [-0.4, -0.2) is 5.91 Å². The van der Waals surface area contributed by atoms with Crippen LogP contribution in [0.4, 0.5) is 14.5 Å². The van der Waals surface area contributed by atoms with Gasteiger partial charge in [0.1, 0.15) is 11.6 Å². The third-order valence-electron chi connectivity index (χ3n) is 1.45. The molecule has 0 saturated heterocycles. The van der Waals surface area contributed by atoms with Crippen LogP contribution < -0.4 is 5.32 Å². The van der Waals surface area contributed by atoms with Crippen molar-refractivity contribution in [3.63, 3.8) is 0 Å². The number of halogens is 3. The van der Waals surface area contributed by atoms with Crippen LogP contribution in [0.1, 0.15) is 0 Å². The maximum Gasteiger partial charge on any atom is 0.247 e. The highest BCUT2D eigenvalue weighted by atomic mass is 79.9. The van der Waals surface area contributed by atoms with Crippen molar-refractivity contribution < 1.29 is 13.6 Å². The Kier molecular flexibility index (Phi) is 3.35. The molecule has 0 aromatic heterocycles. The molecule has 2 nitrogen and oxygen atoms in total. The highest BCUT2D eigenvalue weighted by Crippen LogP contribution is 2.23. The lowest BCUT2D eigenvalue weighted by Crippen LogP contribution is -2.09. The zero-order chi connectivity index (χ0) is 10.7. The first kappa shape index (κ1) is 10.8. The normalized spacial score (nSPS) is 9.64. The summed E-state index contributed by atoms with van der Waals surface area (Å²) in [7, 11) is 0. The van der Waals surface area contributed by atoms with Gasteiger partial charge in [0.2, 0.25) is 5.91 Å². The van der Waals surface area contributed by atoms with E-state index in [1.54, 1.807) is 0 Å². The van der Waals surface area contributed by atoms with Crippen LogP contribution in [0.2, 0.25) is 0 Å². The first-order valence-corrected chi connectivity index (χ1v) is 4.42. The lowest BCUT2D eigenvalue weighted by Gasteiger charge is -2.04. The van der Waals surface area contributed by atoms with E-state index >= 15 is 0 Å². The molecule has 14 heavy (non-hydrogen) atoms. The highest BCUT2D eigenvalue weighted by molar-refractivity contribution is 9.10. The molecule has 0 spiro atoms. The van der Waals surface area contributed by atoms with Crippen LogP contribution in [0.15, 0.2) is 29.3 Å². The van der Waals surface area contributed by atoms with Gasteiger partial charge >= 0.3 is 0 Å². The molecule has 0 fully saturated rings. The molecule has 0 bridgehead atoms. The van der Waals surface area contributed by atoms with Crippen molar-refractivity contribution in [2.24, 2.45) is 0 Å². The smallest absolute Gasteiger partial charge is 0.247 e. The molecular weight excluding hydrogens is 256 g/mol. The lowest BCUT2D eigenvalue weighted by molar-refractivity contribution is -0.111. The Bertz CT molecular complexity index is 393. The Morgan fingerprint density at radius 1 is 1.43 bits per heavy atom. The van der Waals surface area contributed by atoms with Gasteiger partial charge < -0.3 is 5.32 Å². The van der Waals surface area contributed by atoms with Crippen molar-refractivity contribution in [1.29, 1.82) is 0 Å². The van der Waals surface area contributed by atoms with Crippen LogP contribution in [0, 0.1) is 11.6 Å². The van der Waals surface area contributed by atoms with Gasteiger partial charge in [0.25, 0.3) is 0 Å². The molecule has 0 aliphatic heterocycles. The summed E-state index contributed by atoms with van der Waals surface area (Å²) < 4.78 is 26.0. The van der Waals surface area contributed by atoms with E-state index in [0.29, 0.717) is 0 Å². The van der Waals surface area contributed by atoms with Gasteiger partial charge in [-0.1, -0.05) is 6.58 Å². The second-order valence-electron chi connectivity index (χ2n) is 2.44. The molecule has 1 aromatic rings. The number of anilines is 1. The van der Waals surface area contributed by atoms with Crippen LogP contribution in [-0.2, 0) is 4.79 Å². The highest BCUT2D eigenvalue weighted by Gasteiger charge is 2.09. The van der Waals surface area contributed by atoms with Gasteiger partial charge in [-0.2, -0.15) is 0 Å². The molecule has 1 amide bonds. The summed E-state index contributed by atoms with van der Waals surface area (Å²) in [4.78, 5) is 10.8. The molecule has 1 N–H and O–H groups in total. The summed E-state index contributed by atoms with van der Waals surface area (Å²) >= 11 is 2.82. The minimum atomic E-state index is -0.714. The molecule has 0 atom stereocenters. The Morgan fingerprint density at radius 3 is 2.64 bits per heavy atom. The quantitative estimate of drug-likeness (QED) is 0.644. The third-order valence-corrected chi connectivity index (χ3v) is 2.06. The Balaban J connectivity index is 3.03. The van der Waals surface area contributed by atoms with Crippen LogP contribution >= 0.6 is 15.9 Å². The molecule has 1 aromatic carbocycles.